The van der Waals surface area contributed by atoms with Gasteiger partial charge in [0.05, 0.1) is 23.1 Å². The van der Waals surface area contributed by atoms with Gasteiger partial charge in [0.25, 0.3) is 0 Å². The van der Waals surface area contributed by atoms with Crippen LogP contribution in [0.3, 0.4) is 0 Å². The molecule has 2 saturated carbocycles. The normalized spacial score (nSPS) is 40.4. The first-order valence-electron chi connectivity index (χ1n) is 7.77. The van der Waals surface area contributed by atoms with Gasteiger partial charge in [0.15, 0.2) is 0 Å². The first-order valence-corrected chi connectivity index (χ1v) is 7.77. The molecule has 1 heterocycles. The lowest BCUT2D eigenvalue weighted by Crippen LogP contribution is -2.40. The lowest BCUT2D eigenvalue weighted by molar-refractivity contribution is -0.124. The molecule has 2 amide bonds. The molecule has 6 atom stereocenters. The zero-order chi connectivity index (χ0) is 15.0. The molecule has 0 aromatic heterocycles. The van der Waals surface area contributed by atoms with Crippen molar-refractivity contribution in [3.63, 3.8) is 0 Å². The van der Waals surface area contributed by atoms with E-state index >= 15 is 0 Å². The van der Waals surface area contributed by atoms with Gasteiger partial charge in [0.2, 0.25) is 11.8 Å². The number of carbonyl (C=O) groups excluding carboxylic acids is 2. The van der Waals surface area contributed by atoms with E-state index in [4.69, 9.17) is 0 Å². The molecule has 1 saturated heterocycles. The standard InChI is InChI=1S/C18H14N2O2/c19-8-9-3-1-2-4-14(9)20-17(21)15-10-5-6-11(13-7-12(10)13)16(15)18(20)22/h1-6,10-13,15-16H,7H2/t10-,11+,12-,13-,15+,16+/m1/s1. The Balaban J connectivity index is 1.62. The molecule has 4 heteroatoms. The molecule has 108 valence electrons. The van der Waals surface area contributed by atoms with Crippen molar-refractivity contribution < 1.29 is 9.59 Å². The summed E-state index contributed by atoms with van der Waals surface area (Å²) in [6, 6.07) is 8.96. The number of nitriles is 1. The lowest BCUT2D eigenvalue weighted by atomic mass is 9.63. The zero-order valence-electron chi connectivity index (χ0n) is 11.8. The second kappa shape index (κ2) is 3.86. The summed E-state index contributed by atoms with van der Waals surface area (Å²) in [5.41, 5.74) is 0.829. The minimum Gasteiger partial charge on any atom is -0.274 e. The average molecular weight is 290 g/mol. The smallest absolute Gasteiger partial charge is 0.238 e. The van der Waals surface area contributed by atoms with E-state index in [0.29, 0.717) is 23.1 Å². The van der Waals surface area contributed by atoms with Gasteiger partial charge in [0.1, 0.15) is 6.07 Å². The maximum absolute atomic E-state index is 12.9. The van der Waals surface area contributed by atoms with Crippen molar-refractivity contribution in [1.82, 2.24) is 0 Å². The molecule has 6 rings (SSSR count). The van der Waals surface area contributed by atoms with E-state index in [0.717, 1.165) is 6.42 Å². The Labute approximate surface area is 128 Å². The Bertz CT molecular complexity index is 755. The molecular formula is C18H14N2O2. The summed E-state index contributed by atoms with van der Waals surface area (Å²) < 4.78 is 0. The third-order valence-electron chi connectivity index (χ3n) is 5.93. The van der Waals surface area contributed by atoms with Crippen molar-refractivity contribution in [2.75, 3.05) is 4.90 Å². The largest absolute Gasteiger partial charge is 0.274 e. The van der Waals surface area contributed by atoms with E-state index < -0.39 is 0 Å². The molecule has 4 nitrogen and oxygen atoms in total. The molecule has 1 aromatic rings. The number of hydrogen-bond donors (Lipinski definition) is 0. The van der Waals surface area contributed by atoms with E-state index in [1.807, 2.05) is 0 Å². The van der Waals surface area contributed by atoms with Gasteiger partial charge in [-0.25, -0.2) is 4.90 Å². The van der Waals surface area contributed by atoms with E-state index in [1.165, 1.54) is 4.90 Å². The van der Waals surface area contributed by atoms with E-state index in [9.17, 15) is 14.9 Å². The molecule has 2 bridgehead atoms. The number of para-hydroxylation sites is 1. The monoisotopic (exact) mass is 290 g/mol. The Kier molecular flexibility index (Phi) is 2.14. The van der Waals surface area contributed by atoms with Crippen LogP contribution in [0, 0.1) is 46.8 Å². The molecule has 1 aromatic carbocycles. The molecule has 5 aliphatic rings. The Hall–Kier alpha value is -2.41. The molecule has 4 aliphatic carbocycles. The predicted molar refractivity (Wildman–Crippen MR) is 78.3 cm³/mol. The van der Waals surface area contributed by atoms with Crippen molar-refractivity contribution in [1.29, 1.82) is 5.26 Å². The SMILES string of the molecule is N#Cc1ccccc1N1C(=O)[C@H]2[C@@H]3C=C[C@@H]([C@H]4C[C@H]34)[C@@H]2C1=O. The number of amides is 2. The Morgan fingerprint density at radius 2 is 1.59 bits per heavy atom. The van der Waals surface area contributed by atoms with E-state index in [1.54, 1.807) is 24.3 Å². The number of carbonyl (C=O) groups is 2. The van der Waals surface area contributed by atoms with E-state index in [-0.39, 0.29) is 35.5 Å². The Morgan fingerprint density at radius 3 is 2.18 bits per heavy atom. The molecule has 0 spiro atoms. The van der Waals surface area contributed by atoms with Crippen LogP contribution in [-0.4, -0.2) is 11.8 Å². The number of allylic oxidation sites excluding steroid dienone is 2. The minimum atomic E-state index is -0.210. The number of nitrogens with zero attached hydrogens (tertiary/aromatic N) is 2. The molecule has 0 radical (unpaired) electrons. The van der Waals surface area contributed by atoms with Crippen molar-refractivity contribution >= 4 is 17.5 Å². The highest BCUT2D eigenvalue weighted by atomic mass is 16.2. The van der Waals surface area contributed by atoms with Gasteiger partial charge < -0.3 is 0 Å². The second-order valence-electron chi connectivity index (χ2n) is 6.80. The summed E-state index contributed by atoms with van der Waals surface area (Å²) in [4.78, 5) is 27.2. The predicted octanol–water partition coefficient (Wildman–Crippen LogP) is 2.12. The number of benzene rings is 1. The molecule has 1 aliphatic heterocycles. The van der Waals surface area contributed by atoms with Crippen molar-refractivity contribution in [2.24, 2.45) is 35.5 Å². The van der Waals surface area contributed by atoms with Crippen LogP contribution >= 0.6 is 0 Å². The first kappa shape index (κ1) is 12.2. The highest BCUT2D eigenvalue weighted by Crippen LogP contribution is 2.65. The fourth-order valence-corrected chi connectivity index (χ4v) is 4.96. The highest BCUT2D eigenvalue weighted by Gasteiger charge is 2.67. The summed E-state index contributed by atoms with van der Waals surface area (Å²) in [6.07, 6.45) is 5.47. The molecular weight excluding hydrogens is 276 g/mol. The van der Waals surface area contributed by atoms with Crippen LogP contribution in [0.4, 0.5) is 5.69 Å². The van der Waals surface area contributed by atoms with Gasteiger partial charge in [-0.1, -0.05) is 24.3 Å². The van der Waals surface area contributed by atoms with Crippen molar-refractivity contribution in [2.45, 2.75) is 6.42 Å². The highest BCUT2D eigenvalue weighted by molar-refractivity contribution is 6.23. The topological polar surface area (TPSA) is 61.2 Å². The fourth-order valence-electron chi connectivity index (χ4n) is 4.96. The number of anilines is 1. The zero-order valence-corrected chi connectivity index (χ0v) is 11.8. The van der Waals surface area contributed by atoms with E-state index in [2.05, 4.69) is 18.2 Å². The second-order valence-corrected chi connectivity index (χ2v) is 6.80. The van der Waals surface area contributed by atoms with Crippen molar-refractivity contribution in [3.8, 4) is 6.07 Å². The molecule has 0 N–H and O–H groups in total. The van der Waals surface area contributed by atoms with Crippen LogP contribution in [-0.2, 0) is 9.59 Å². The maximum atomic E-state index is 12.9. The van der Waals surface area contributed by atoms with Gasteiger partial charge >= 0.3 is 0 Å². The van der Waals surface area contributed by atoms with Crippen LogP contribution in [0.5, 0.6) is 0 Å². The summed E-state index contributed by atoms with van der Waals surface area (Å²) >= 11 is 0. The number of hydrogen-bond acceptors (Lipinski definition) is 3. The molecule has 0 unspecified atom stereocenters. The van der Waals surface area contributed by atoms with Crippen LogP contribution in [0.25, 0.3) is 0 Å². The Morgan fingerprint density at radius 1 is 1.00 bits per heavy atom. The third kappa shape index (κ3) is 1.28. The summed E-state index contributed by atoms with van der Waals surface area (Å²) in [5, 5.41) is 9.26. The fraction of sp³-hybridized carbons (Fsp3) is 0.389. The number of imide groups is 1. The van der Waals surface area contributed by atoms with Gasteiger partial charge in [-0.15, -0.1) is 0 Å². The van der Waals surface area contributed by atoms with Gasteiger partial charge in [-0.05, 0) is 42.2 Å². The number of rotatable bonds is 1. The third-order valence-corrected chi connectivity index (χ3v) is 5.93. The van der Waals surface area contributed by atoms with Crippen LogP contribution < -0.4 is 4.90 Å². The maximum Gasteiger partial charge on any atom is 0.238 e. The van der Waals surface area contributed by atoms with Crippen molar-refractivity contribution in [3.05, 3.63) is 42.0 Å². The summed E-state index contributed by atoms with van der Waals surface area (Å²) in [5.74, 6) is 0.991. The lowest BCUT2D eigenvalue weighted by Gasteiger charge is -2.37. The van der Waals surface area contributed by atoms with Gasteiger partial charge in [-0.3, -0.25) is 9.59 Å². The van der Waals surface area contributed by atoms with Gasteiger partial charge in [0, 0.05) is 0 Å². The van der Waals surface area contributed by atoms with Crippen LogP contribution in [0.15, 0.2) is 36.4 Å². The van der Waals surface area contributed by atoms with Gasteiger partial charge in [-0.2, -0.15) is 5.26 Å². The first-order chi connectivity index (χ1) is 10.7. The summed E-state index contributed by atoms with van der Waals surface area (Å²) in [7, 11) is 0. The quantitative estimate of drug-likeness (QED) is 0.588. The minimum absolute atomic E-state index is 0.109. The summed E-state index contributed by atoms with van der Waals surface area (Å²) in [6.45, 7) is 0. The molecule has 22 heavy (non-hydrogen) atoms. The molecule has 3 fully saturated rings. The van der Waals surface area contributed by atoms with Crippen LogP contribution in [0.2, 0.25) is 0 Å². The van der Waals surface area contributed by atoms with Crippen LogP contribution in [0.1, 0.15) is 12.0 Å². The average Bonchev–Trinajstić information content (AvgIpc) is 3.32.